The van der Waals surface area contributed by atoms with Gasteiger partial charge in [-0.15, -0.1) is 0 Å². The predicted molar refractivity (Wildman–Crippen MR) is 73.6 cm³/mol. The maximum atomic E-state index is 11.9. The van der Waals surface area contributed by atoms with Crippen molar-refractivity contribution in [3.8, 4) is 0 Å². The summed E-state index contributed by atoms with van der Waals surface area (Å²) < 4.78 is 5.13. The highest BCUT2D eigenvalue weighted by Gasteiger charge is 2.28. The van der Waals surface area contributed by atoms with Crippen molar-refractivity contribution < 1.29 is 19.4 Å². The summed E-state index contributed by atoms with van der Waals surface area (Å²) in [5.41, 5.74) is 0.771. The van der Waals surface area contributed by atoms with Gasteiger partial charge in [0, 0.05) is 18.1 Å². The monoisotopic (exact) mass is 297 g/mol. The molecule has 20 heavy (non-hydrogen) atoms. The summed E-state index contributed by atoms with van der Waals surface area (Å²) in [5, 5.41) is 12.3. The van der Waals surface area contributed by atoms with Crippen molar-refractivity contribution in [3.05, 3.63) is 34.9 Å². The van der Waals surface area contributed by atoms with Crippen molar-refractivity contribution >= 4 is 23.5 Å². The number of carbonyl (C=O) groups is 2. The molecule has 0 unspecified atom stereocenters. The molecule has 1 aliphatic rings. The predicted octanol–water partition coefficient (Wildman–Crippen LogP) is 1.49. The maximum absolute atomic E-state index is 11.9. The summed E-state index contributed by atoms with van der Waals surface area (Å²) in [6.07, 6.45) is 0.838. The van der Waals surface area contributed by atoms with Crippen molar-refractivity contribution in [1.82, 2.24) is 5.32 Å². The van der Waals surface area contributed by atoms with Gasteiger partial charge in [0.2, 0.25) is 5.91 Å². The van der Waals surface area contributed by atoms with Gasteiger partial charge in [0.15, 0.2) is 0 Å². The van der Waals surface area contributed by atoms with Crippen molar-refractivity contribution in [2.45, 2.75) is 18.9 Å². The molecule has 2 N–H and O–H groups in total. The highest BCUT2D eigenvalue weighted by molar-refractivity contribution is 6.30. The van der Waals surface area contributed by atoms with E-state index in [1.54, 1.807) is 24.3 Å². The lowest BCUT2D eigenvalue weighted by molar-refractivity contribution is -0.142. The number of halogens is 1. The van der Waals surface area contributed by atoms with Crippen LogP contribution in [0.15, 0.2) is 24.3 Å². The number of carboxylic acid groups (broad SMARTS) is 1. The van der Waals surface area contributed by atoms with E-state index in [9.17, 15) is 14.7 Å². The zero-order chi connectivity index (χ0) is 14.5. The van der Waals surface area contributed by atoms with Crippen LogP contribution in [0.1, 0.15) is 12.0 Å². The molecule has 108 valence electrons. The molecule has 6 heteroatoms. The van der Waals surface area contributed by atoms with Gasteiger partial charge >= 0.3 is 5.97 Å². The SMILES string of the molecule is O=C(N[C@H](Cc1cccc(Cl)c1)C(=O)O)[C@H]1CCOC1. The van der Waals surface area contributed by atoms with Crippen molar-refractivity contribution in [2.24, 2.45) is 5.92 Å². The maximum Gasteiger partial charge on any atom is 0.326 e. The van der Waals surface area contributed by atoms with Crippen molar-refractivity contribution in [1.29, 1.82) is 0 Å². The topological polar surface area (TPSA) is 75.6 Å². The minimum atomic E-state index is -1.06. The lowest BCUT2D eigenvalue weighted by atomic mass is 10.0. The molecule has 1 heterocycles. The number of amides is 1. The molecular formula is C14H16ClNO4. The Kier molecular flexibility index (Phi) is 4.98. The van der Waals surface area contributed by atoms with Crippen molar-refractivity contribution in [3.63, 3.8) is 0 Å². The van der Waals surface area contributed by atoms with Gasteiger partial charge in [-0.2, -0.15) is 0 Å². The number of benzene rings is 1. The number of nitrogens with one attached hydrogen (secondary N) is 1. The molecule has 1 aromatic rings. The van der Waals surface area contributed by atoms with Gasteiger partial charge < -0.3 is 15.2 Å². The van der Waals surface area contributed by atoms with Crippen LogP contribution in [0.25, 0.3) is 0 Å². The van der Waals surface area contributed by atoms with E-state index in [0.717, 1.165) is 5.56 Å². The zero-order valence-electron chi connectivity index (χ0n) is 10.8. The molecule has 1 fully saturated rings. The molecule has 2 atom stereocenters. The Morgan fingerprint density at radius 2 is 2.30 bits per heavy atom. The summed E-state index contributed by atoms with van der Waals surface area (Å²) in [6.45, 7) is 0.902. The molecule has 2 rings (SSSR count). The normalized spacial score (nSPS) is 19.6. The first-order chi connectivity index (χ1) is 9.56. The van der Waals surface area contributed by atoms with Crippen LogP contribution in [0.4, 0.5) is 0 Å². The molecule has 1 saturated heterocycles. The number of rotatable bonds is 5. The summed E-state index contributed by atoms with van der Waals surface area (Å²) in [7, 11) is 0. The van der Waals surface area contributed by atoms with Crippen LogP contribution in [0.5, 0.6) is 0 Å². The van der Waals surface area contributed by atoms with Crippen LogP contribution in [-0.2, 0) is 20.7 Å². The summed E-state index contributed by atoms with van der Waals surface area (Å²) in [6, 6.07) is 5.99. The van der Waals surface area contributed by atoms with E-state index in [4.69, 9.17) is 16.3 Å². The van der Waals surface area contributed by atoms with Gasteiger partial charge in [0.25, 0.3) is 0 Å². The first-order valence-electron chi connectivity index (χ1n) is 6.41. The molecule has 0 saturated carbocycles. The molecule has 5 nitrogen and oxygen atoms in total. The zero-order valence-corrected chi connectivity index (χ0v) is 11.6. The molecule has 0 radical (unpaired) electrons. The van der Waals surface area contributed by atoms with Gasteiger partial charge in [0.05, 0.1) is 12.5 Å². The molecule has 0 spiro atoms. The lowest BCUT2D eigenvalue weighted by Crippen LogP contribution is -2.45. The van der Waals surface area contributed by atoms with E-state index >= 15 is 0 Å². The number of aliphatic carboxylic acids is 1. The summed E-state index contributed by atoms with van der Waals surface area (Å²) in [4.78, 5) is 23.2. The van der Waals surface area contributed by atoms with Crippen LogP contribution >= 0.6 is 11.6 Å². The highest BCUT2D eigenvalue weighted by atomic mass is 35.5. The third-order valence-electron chi connectivity index (χ3n) is 3.24. The molecule has 0 bridgehead atoms. The molecular weight excluding hydrogens is 282 g/mol. The molecule has 1 aliphatic heterocycles. The largest absolute Gasteiger partial charge is 0.480 e. The third kappa shape index (κ3) is 3.95. The average Bonchev–Trinajstić information content (AvgIpc) is 2.91. The molecule has 0 aliphatic carbocycles. The number of hydrogen-bond donors (Lipinski definition) is 2. The first kappa shape index (κ1) is 14.8. The highest BCUT2D eigenvalue weighted by Crippen LogP contribution is 2.15. The fourth-order valence-corrected chi connectivity index (χ4v) is 2.34. The number of hydrogen-bond acceptors (Lipinski definition) is 3. The van der Waals surface area contributed by atoms with Crippen molar-refractivity contribution in [2.75, 3.05) is 13.2 Å². The van der Waals surface area contributed by atoms with Crippen LogP contribution in [0.2, 0.25) is 5.02 Å². The fraction of sp³-hybridized carbons (Fsp3) is 0.429. The van der Waals surface area contributed by atoms with E-state index in [1.165, 1.54) is 0 Å². The van der Waals surface area contributed by atoms with Gasteiger partial charge in [-0.3, -0.25) is 4.79 Å². The Labute approximate surface area is 121 Å². The average molecular weight is 298 g/mol. The number of carboxylic acids is 1. The lowest BCUT2D eigenvalue weighted by Gasteiger charge is -2.17. The van der Waals surface area contributed by atoms with Crippen LogP contribution in [0.3, 0.4) is 0 Å². The quantitative estimate of drug-likeness (QED) is 0.863. The summed E-state index contributed by atoms with van der Waals surface area (Å²) >= 11 is 5.87. The first-order valence-corrected chi connectivity index (χ1v) is 6.79. The molecule has 0 aromatic heterocycles. The Balaban J connectivity index is 2.00. The minimum absolute atomic E-state index is 0.204. The Morgan fingerprint density at radius 3 is 2.90 bits per heavy atom. The van der Waals surface area contributed by atoms with Crippen LogP contribution in [0, 0.1) is 5.92 Å². The second kappa shape index (κ2) is 6.72. The fourth-order valence-electron chi connectivity index (χ4n) is 2.13. The van der Waals surface area contributed by atoms with E-state index < -0.39 is 12.0 Å². The Bertz CT molecular complexity index is 500. The van der Waals surface area contributed by atoms with E-state index in [-0.39, 0.29) is 18.2 Å². The minimum Gasteiger partial charge on any atom is -0.480 e. The Hall–Kier alpha value is -1.59. The Morgan fingerprint density at radius 1 is 1.50 bits per heavy atom. The van der Waals surface area contributed by atoms with Gasteiger partial charge in [-0.05, 0) is 24.1 Å². The van der Waals surface area contributed by atoms with Crippen LogP contribution < -0.4 is 5.32 Å². The van der Waals surface area contributed by atoms with Gasteiger partial charge in [0.1, 0.15) is 6.04 Å². The van der Waals surface area contributed by atoms with E-state index in [1.807, 2.05) is 0 Å². The second-order valence-electron chi connectivity index (χ2n) is 4.79. The van der Waals surface area contributed by atoms with E-state index in [2.05, 4.69) is 5.32 Å². The van der Waals surface area contributed by atoms with Gasteiger partial charge in [-0.25, -0.2) is 4.79 Å². The summed E-state index contributed by atoms with van der Waals surface area (Å²) in [5.74, 6) is -1.58. The number of ether oxygens (including phenoxy) is 1. The molecule has 1 aromatic carbocycles. The molecule has 1 amide bonds. The van der Waals surface area contributed by atoms with Gasteiger partial charge in [-0.1, -0.05) is 23.7 Å². The standard InChI is InChI=1S/C14H16ClNO4/c15-11-3-1-2-9(6-11)7-12(14(18)19)16-13(17)10-4-5-20-8-10/h1-3,6,10,12H,4-5,7-8H2,(H,16,17)(H,18,19)/t10-,12+/m0/s1. The van der Waals surface area contributed by atoms with Crippen LogP contribution in [-0.4, -0.2) is 36.2 Å². The third-order valence-corrected chi connectivity index (χ3v) is 3.48. The second-order valence-corrected chi connectivity index (χ2v) is 5.23. The van der Waals surface area contributed by atoms with E-state index in [0.29, 0.717) is 24.7 Å². The smallest absolute Gasteiger partial charge is 0.326 e. The number of carbonyl (C=O) groups excluding carboxylic acids is 1.